The largest absolute Gasteiger partial charge is 0.278 e. The molecular weight excluding hydrogens is 449 g/mol. The summed E-state index contributed by atoms with van der Waals surface area (Å²) in [5, 5.41) is 0.707. The Morgan fingerprint density at radius 2 is 1.37 bits per heavy atom. The van der Waals surface area contributed by atoms with Gasteiger partial charge in [0.25, 0.3) is 21.8 Å². The average Bonchev–Trinajstić information content (AvgIpc) is 2.74. The highest BCUT2D eigenvalue weighted by Gasteiger charge is 2.18. The number of hydrogen-bond acceptors (Lipinski definition) is 4. The Labute approximate surface area is 183 Å². The minimum absolute atomic E-state index is 0.0356. The van der Waals surface area contributed by atoms with Crippen molar-refractivity contribution in [2.45, 2.75) is 4.90 Å². The molecule has 0 unspecified atom stereocenters. The molecule has 0 bridgehead atoms. The lowest BCUT2D eigenvalue weighted by Gasteiger charge is -2.11. The summed E-state index contributed by atoms with van der Waals surface area (Å²) < 4.78 is 27.6. The molecule has 10 heteroatoms. The maximum absolute atomic E-state index is 12.6. The molecule has 0 aliphatic carbocycles. The number of nitrogens with one attached hydrogen (secondary N) is 3. The van der Waals surface area contributed by atoms with Crippen LogP contribution in [-0.4, -0.2) is 20.2 Å². The SMILES string of the molecule is O=C(NNC(=O)c1cccc(S(=O)(=O)Nc2ccccc2Cl)c1)c1ccc(Cl)cc1. The monoisotopic (exact) mass is 463 g/mol. The van der Waals surface area contributed by atoms with Crippen LogP contribution in [0.2, 0.25) is 10.0 Å². The molecule has 0 spiro atoms. The quantitative estimate of drug-likeness (QED) is 0.499. The Morgan fingerprint density at radius 1 is 0.733 bits per heavy atom. The number of amides is 2. The summed E-state index contributed by atoms with van der Waals surface area (Å²) in [6, 6.07) is 17.8. The van der Waals surface area contributed by atoms with Gasteiger partial charge in [-0.15, -0.1) is 0 Å². The van der Waals surface area contributed by atoms with Gasteiger partial charge in [0.15, 0.2) is 0 Å². The first-order chi connectivity index (χ1) is 14.3. The average molecular weight is 464 g/mol. The number of benzene rings is 3. The third kappa shape index (κ3) is 5.29. The van der Waals surface area contributed by atoms with Crippen molar-refractivity contribution in [1.82, 2.24) is 10.9 Å². The number of halogens is 2. The van der Waals surface area contributed by atoms with Crippen molar-refractivity contribution in [3.05, 3.63) is 94.0 Å². The smallest absolute Gasteiger partial charge is 0.269 e. The highest BCUT2D eigenvalue weighted by Crippen LogP contribution is 2.24. The molecule has 7 nitrogen and oxygen atoms in total. The molecule has 2 amide bonds. The first-order valence-corrected chi connectivity index (χ1v) is 10.7. The van der Waals surface area contributed by atoms with Gasteiger partial charge in [-0.1, -0.05) is 41.4 Å². The predicted molar refractivity (Wildman–Crippen MR) is 115 cm³/mol. The van der Waals surface area contributed by atoms with E-state index in [4.69, 9.17) is 23.2 Å². The molecule has 0 radical (unpaired) electrons. The summed E-state index contributed by atoms with van der Waals surface area (Å²) in [6.07, 6.45) is 0. The van der Waals surface area contributed by atoms with Crippen LogP contribution >= 0.6 is 23.2 Å². The van der Waals surface area contributed by atoms with Crippen molar-refractivity contribution in [3.63, 3.8) is 0 Å². The van der Waals surface area contributed by atoms with Gasteiger partial charge in [0.1, 0.15) is 0 Å². The molecule has 0 heterocycles. The molecule has 0 aliphatic rings. The van der Waals surface area contributed by atoms with Crippen molar-refractivity contribution < 1.29 is 18.0 Å². The second-order valence-electron chi connectivity index (χ2n) is 6.03. The van der Waals surface area contributed by atoms with Gasteiger partial charge in [-0.05, 0) is 54.6 Å². The first kappa shape index (κ1) is 21.6. The van der Waals surface area contributed by atoms with Gasteiger partial charge in [-0.25, -0.2) is 8.42 Å². The summed E-state index contributed by atoms with van der Waals surface area (Å²) in [5.74, 6) is -1.24. The van der Waals surface area contributed by atoms with Crippen molar-refractivity contribution in [2.24, 2.45) is 0 Å². The van der Waals surface area contributed by atoms with Gasteiger partial charge in [0.05, 0.1) is 15.6 Å². The zero-order valence-corrected chi connectivity index (χ0v) is 17.6. The standard InChI is InChI=1S/C20H15Cl2N3O4S/c21-15-10-8-13(9-11-15)19(26)23-24-20(27)14-4-3-5-16(12-14)30(28,29)25-18-7-2-1-6-17(18)22/h1-12,25H,(H,23,26)(H,24,27). The highest BCUT2D eigenvalue weighted by molar-refractivity contribution is 7.92. The first-order valence-electron chi connectivity index (χ1n) is 8.50. The molecular formula is C20H15Cl2N3O4S. The second kappa shape index (κ2) is 9.17. The maximum atomic E-state index is 12.6. The van der Waals surface area contributed by atoms with Crippen molar-refractivity contribution >= 4 is 50.7 Å². The number of sulfonamides is 1. The fourth-order valence-electron chi connectivity index (χ4n) is 2.41. The Balaban J connectivity index is 1.71. The third-order valence-electron chi connectivity index (χ3n) is 3.92. The van der Waals surface area contributed by atoms with Crippen molar-refractivity contribution in [3.8, 4) is 0 Å². The molecule has 154 valence electrons. The fraction of sp³-hybridized carbons (Fsp3) is 0. The number of anilines is 1. The Kier molecular flexibility index (Phi) is 6.61. The zero-order valence-electron chi connectivity index (χ0n) is 15.2. The minimum atomic E-state index is -3.98. The molecule has 0 aromatic heterocycles. The topological polar surface area (TPSA) is 104 Å². The van der Waals surface area contributed by atoms with Crippen LogP contribution in [0, 0.1) is 0 Å². The van der Waals surface area contributed by atoms with E-state index in [-0.39, 0.29) is 21.2 Å². The molecule has 3 aromatic carbocycles. The fourth-order valence-corrected chi connectivity index (χ4v) is 3.90. The van der Waals surface area contributed by atoms with E-state index in [2.05, 4.69) is 15.6 Å². The van der Waals surface area contributed by atoms with Gasteiger partial charge in [0, 0.05) is 16.1 Å². The number of hydrogen-bond donors (Lipinski definition) is 3. The van der Waals surface area contributed by atoms with Crippen LogP contribution in [0.15, 0.2) is 77.7 Å². The number of carbonyl (C=O) groups is 2. The summed E-state index contributed by atoms with van der Waals surface area (Å²) in [4.78, 5) is 24.3. The minimum Gasteiger partial charge on any atom is -0.278 e. The van der Waals surface area contributed by atoms with Gasteiger partial charge in [-0.3, -0.25) is 25.2 Å². The Hall–Kier alpha value is -3.07. The molecule has 3 rings (SSSR count). The maximum Gasteiger partial charge on any atom is 0.269 e. The molecule has 3 N–H and O–H groups in total. The van der Waals surface area contributed by atoms with Crippen LogP contribution in [0.5, 0.6) is 0 Å². The molecule has 30 heavy (non-hydrogen) atoms. The van der Waals surface area contributed by atoms with Crippen LogP contribution < -0.4 is 15.6 Å². The van der Waals surface area contributed by atoms with E-state index in [1.54, 1.807) is 30.3 Å². The van der Waals surface area contributed by atoms with Crippen LogP contribution in [0.25, 0.3) is 0 Å². The van der Waals surface area contributed by atoms with Crippen LogP contribution in [0.3, 0.4) is 0 Å². The molecule has 0 saturated heterocycles. The summed E-state index contributed by atoms with van der Waals surface area (Å²) in [6.45, 7) is 0. The van der Waals surface area contributed by atoms with Crippen molar-refractivity contribution in [1.29, 1.82) is 0 Å². The van der Waals surface area contributed by atoms with E-state index in [0.717, 1.165) is 0 Å². The molecule has 0 saturated carbocycles. The summed E-state index contributed by atoms with van der Waals surface area (Å²) in [5.41, 5.74) is 5.04. The van der Waals surface area contributed by atoms with Gasteiger partial charge in [0.2, 0.25) is 0 Å². The van der Waals surface area contributed by atoms with E-state index in [1.807, 2.05) is 0 Å². The van der Waals surface area contributed by atoms with E-state index in [0.29, 0.717) is 10.6 Å². The molecule has 0 aliphatic heterocycles. The number of hydrazine groups is 1. The van der Waals surface area contributed by atoms with Gasteiger partial charge in [-0.2, -0.15) is 0 Å². The van der Waals surface area contributed by atoms with Crippen LogP contribution in [-0.2, 0) is 10.0 Å². The van der Waals surface area contributed by atoms with Gasteiger partial charge < -0.3 is 0 Å². The zero-order chi connectivity index (χ0) is 21.7. The highest BCUT2D eigenvalue weighted by atomic mass is 35.5. The summed E-state index contributed by atoms with van der Waals surface area (Å²) in [7, 11) is -3.98. The Morgan fingerprint density at radius 3 is 2.03 bits per heavy atom. The lowest BCUT2D eigenvalue weighted by molar-refractivity contribution is 0.0846. The number of para-hydroxylation sites is 1. The molecule has 3 aromatic rings. The molecule has 0 atom stereocenters. The van der Waals surface area contributed by atoms with Crippen LogP contribution in [0.4, 0.5) is 5.69 Å². The number of rotatable bonds is 5. The lowest BCUT2D eigenvalue weighted by Crippen LogP contribution is -2.41. The van der Waals surface area contributed by atoms with E-state index < -0.39 is 21.8 Å². The van der Waals surface area contributed by atoms with Crippen molar-refractivity contribution in [2.75, 3.05) is 4.72 Å². The van der Waals surface area contributed by atoms with Gasteiger partial charge >= 0.3 is 0 Å². The Bertz CT molecular complexity index is 1200. The predicted octanol–water partition coefficient (Wildman–Crippen LogP) is 3.87. The normalized spacial score (nSPS) is 10.9. The van der Waals surface area contributed by atoms with E-state index in [1.165, 1.54) is 42.5 Å². The second-order valence-corrected chi connectivity index (χ2v) is 8.55. The third-order valence-corrected chi connectivity index (χ3v) is 5.87. The van der Waals surface area contributed by atoms with E-state index in [9.17, 15) is 18.0 Å². The lowest BCUT2D eigenvalue weighted by atomic mass is 10.2. The molecule has 0 fully saturated rings. The number of carbonyl (C=O) groups excluding carboxylic acids is 2. The van der Waals surface area contributed by atoms with Crippen LogP contribution in [0.1, 0.15) is 20.7 Å². The summed E-state index contributed by atoms with van der Waals surface area (Å²) >= 11 is 11.8. The van der Waals surface area contributed by atoms with E-state index >= 15 is 0 Å².